The van der Waals surface area contributed by atoms with Crippen LogP contribution in [-0.4, -0.2) is 10.9 Å². The summed E-state index contributed by atoms with van der Waals surface area (Å²) in [6.07, 6.45) is 1.57. The Morgan fingerprint density at radius 2 is 2.16 bits per heavy atom. The van der Waals surface area contributed by atoms with Crippen LogP contribution in [-0.2, 0) is 6.54 Å². The lowest BCUT2D eigenvalue weighted by Crippen LogP contribution is -2.14. The summed E-state index contributed by atoms with van der Waals surface area (Å²) in [7, 11) is 0. The van der Waals surface area contributed by atoms with Crippen molar-refractivity contribution < 1.29 is 4.79 Å². The molecule has 0 aliphatic heterocycles. The van der Waals surface area contributed by atoms with Gasteiger partial charge in [0.05, 0.1) is 11.4 Å². The highest BCUT2D eigenvalue weighted by atomic mass is 127. The Balaban J connectivity index is 2.20. The summed E-state index contributed by atoms with van der Waals surface area (Å²) in [5.74, 6) is -0.197. The van der Waals surface area contributed by atoms with E-state index in [1.165, 1.54) is 0 Å². The number of benzene rings is 1. The maximum absolute atomic E-state index is 12.1. The molecule has 0 bridgehead atoms. The van der Waals surface area contributed by atoms with Crippen molar-refractivity contribution in [2.45, 2.75) is 6.54 Å². The highest BCUT2D eigenvalue weighted by molar-refractivity contribution is 14.1. The van der Waals surface area contributed by atoms with Gasteiger partial charge < -0.3 is 11.1 Å². The quantitative estimate of drug-likeness (QED) is 0.796. The molecule has 2 aromatic rings. The number of carbonyl (C=O) groups excluding carboxylic acids is 1. The second-order valence-electron chi connectivity index (χ2n) is 3.82. The monoisotopic (exact) mass is 387 g/mol. The van der Waals surface area contributed by atoms with Crippen molar-refractivity contribution in [1.29, 1.82) is 0 Å². The van der Waals surface area contributed by atoms with Gasteiger partial charge in [0.15, 0.2) is 0 Å². The Morgan fingerprint density at radius 3 is 2.84 bits per heavy atom. The number of aromatic nitrogens is 1. The molecule has 0 saturated carbocycles. The van der Waals surface area contributed by atoms with E-state index in [2.05, 4.69) is 32.9 Å². The van der Waals surface area contributed by atoms with Crippen LogP contribution < -0.4 is 11.1 Å². The van der Waals surface area contributed by atoms with Crippen LogP contribution in [0.1, 0.15) is 16.1 Å². The molecule has 2 rings (SSSR count). The highest BCUT2D eigenvalue weighted by Gasteiger charge is 2.09. The highest BCUT2D eigenvalue weighted by Crippen LogP contribution is 2.22. The number of halogens is 2. The fourth-order valence-corrected chi connectivity index (χ4v) is 2.52. The summed E-state index contributed by atoms with van der Waals surface area (Å²) in [5, 5.41) is 3.47. The molecule has 0 aliphatic rings. The van der Waals surface area contributed by atoms with Gasteiger partial charge in [-0.1, -0.05) is 11.6 Å². The first-order chi connectivity index (χ1) is 9.10. The minimum Gasteiger partial charge on any atom is -0.325 e. The molecule has 3 N–H and O–H groups in total. The van der Waals surface area contributed by atoms with Gasteiger partial charge >= 0.3 is 0 Å². The lowest BCUT2D eigenvalue weighted by Gasteiger charge is -2.08. The molecule has 0 aliphatic carbocycles. The first-order valence-corrected chi connectivity index (χ1v) is 6.97. The van der Waals surface area contributed by atoms with Gasteiger partial charge in [-0.15, -0.1) is 0 Å². The van der Waals surface area contributed by atoms with E-state index >= 15 is 0 Å². The average Bonchev–Trinajstić information content (AvgIpc) is 2.42. The van der Waals surface area contributed by atoms with E-state index in [0.29, 0.717) is 22.8 Å². The standard InChI is InChI=1S/C13H11ClIN3O/c14-9-1-2-12(11(15)6-9)18-13(19)8-3-4-17-10(5-8)7-16/h1-6H,7,16H2,(H,18,19). The number of hydrogen-bond acceptors (Lipinski definition) is 3. The van der Waals surface area contributed by atoms with Crippen molar-refractivity contribution in [1.82, 2.24) is 4.98 Å². The average molecular weight is 388 g/mol. The van der Waals surface area contributed by atoms with Gasteiger partial charge in [-0.05, 0) is 52.9 Å². The van der Waals surface area contributed by atoms with Gasteiger partial charge in [-0.25, -0.2) is 0 Å². The van der Waals surface area contributed by atoms with Gasteiger partial charge in [-0.3, -0.25) is 9.78 Å². The Morgan fingerprint density at radius 1 is 1.37 bits per heavy atom. The number of nitrogens with two attached hydrogens (primary N) is 1. The molecular formula is C13H11ClIN3O. The predicted molar refractivity (Wildman–Crippen MR) is 84.3 cm³/mol. The smallest absolute Gasteiger partial charge is 0.255 e. The van der Waals surface area contributed by atoms with Gasteiger partial charge in [0, 0.05) is 26.9 Å². The van der Waals surface area contributed by atoms with Crippen LogP contribution in [0.15, 0.2) is 36.5 Å². The van der Waals surface area contributed by atoms with E-state index in [1.807, 2.05) is 0 Å². The summed E-state index contributed by atoms with van der Waals surface area (Å²) in [6, 6.07) is 8.62. The molecule has 1 aromatic carbocycles. The Kier molecular flexibility index (Phi) is 4.73. The van der Waals surface area contributed by atoms with Crippen molar-refractivity contribution in [2.75, 3.05) is 5.32 Å². The van der Waals surface area contributed by atoms with Crippen molar-refractivity contribution in [3.8, 4) is 0 Å². The number of nitrogens with zero attached hydrogens (tertiary/aromatic N) is 1. The summed E-state index contributed by atoms with van der Waals surface area (Å²) in [5.41, 5.74) is 7.43. The lowest BCUT2D eigenvalue weighted by molar-refractivity contribution is 0.102. The van der Waals surface area contributed by atoms with E-state index in [1.54, 1.807) is 36.5 Å². The molecule has 1 amide bonds. The number of anilines is 1. The fourth-order valence-electron chi connectivity index (χ4n) is 1.52. The minimum atomic E-state index is -0.197. The summed E-state index contributed by atoms with van der Waals surface area (Å²) >= 11 is 7.99. The van der Waals surface area contributed by atoms with E-state index in [-0.39, 0.29) is 5.91 Å². The predicted octanol–water partition coefficient (Wildman–Crippen LogP) is 3.05. The molecule has 19 heavy (non-hydrogen) atoms. The van der Waals surface area contributed by atoms with E-state index in [0.717, 1.165) is 9.26 Å². The third-order valence-corrected chi connectivity index (χ3v) is 3.59. The summed E-state index contributed by atoms with van der Waals surface area (Å²) < 4.78 is 0.881. The molecule has 0 spiro atoms. The molecule has 0 unspecified atom stereocenters. The topological polar surface area (TPSA) is 68.0 Å². The minimum absolute atomic E-state index is 0.197. The van der Waals surface area contributed by atoms with Gasteiger partial charge in [0.25, 0.3) is 5.91 Å². The van der Waals surface area contributed by atoms with E-state index in [4.69, 9.17) is 17.3 Å². The largest absolute Gasteiger partial charge is 0.325 e. The third kappa shape index (κ3) is 3.65. The first-order valence-electron chi connectivity index (χ1n) is 5.51. The fraction of sp³-hybridized carbons (Fsp3) is 0.0769. The van der Waals surface area contributed by atoms with Crippen molar-refractivity contribution >= 4 is 45.8 Å². The number of pyridine rings is 1. The summed E-state index contributed by atoms with van der Waals surface area (Å²) in [4.78, 5) is 16.2. The number of rotatable bonds is 3. The molecule has 0 radical (unpaired) electrons. The van der Waals surface area contributed by atoms with Crippen LogP contribution in [0.2, 0.25) is 5.02 Å². The SMILES string of the molecule is NCc1cc(C(=O)Nc2ccc(Cl)cc2I)ccn1. The van der Waals surface area contributed by atoms with Crippen LogP contribution in [0.4, 0.5) is 5.69 Å². The molecule has 0 saturated heterocycles. The Labute approximate surface area is 129 Å². The maximum atomic E-state index is 12.1. The zero-order valence-corrected chi connectivity index (χ0v) is 12.8. The zero-order valence-electron chi connectivity index (χ0n) is 9.86. The number of amides is 1. The van der Waals surface area contributed by atoms with Gasteiger partial charge in [0.1, 0.15) is 0 Å². The van der Waals surface area contributed by atoms with Gasteiger partial charge in [-0.2, -0.15) is 0 Å². The molecule has 1 heterocycles. The third-order valence-electron chi connectivity index (χ3n) is 2.47. The number of hydrogen-bond donors (Lipinski definition) is 2. The Hall–Kier alpha value is -1.18. The second kappa shape index (κ2) is 6.31. The number of nitrogens with one attached hydrogen (secondary N) is 1. The molecule has 98 valence electrons. The summed E-state index contributed by atoms with van der Waals surface area (Å²) in [6.45, 7) is 0.305. The van der Waals surface area contributed by atoms with Crippen LogP contribution in [0.3, 0.4) is 0 Å². The van der Waals surface area contributed by atoms with Crippen molar-refractivity contribution in [3.63, 3.8) is 0 Å². The molecule has 0 atom stereocenters. The first kappa shape index (κ1) is 14.2. The van der Waals surface area contributed by atoms with Crippen LogP contribution in [0, 0.1) is 3.57 Å². The second-order valence-corrected chi connectivity index (χ2v) is 5.42. The lowest BCUT2D eigenvalue weighted by atomic mass is 10.2. The molecular weight excluding hydrogens is 377 g/mol. The Bertz CT molecular complexity index is 619. The maximum Gasteiger partial charge on any atom is 0.255 e. The molecule has 6 heteroatoms. The molecule has 0 fully saturated rings. The van der Waals surface area contributed by atoms with Gasteiger partial charge in [0.2, 0.25) is 0 Å². The van der Waals surface area contributed by atoms with Crippen LogP contribution in [0.5, 0.6) is 0 Å². The van der Waals surface area contributed by atoms with E-state index < -0.39 is 0 Å². The molecule has 1 aromatic heterocycles. The van der Waals surface area contributed by atoms with Crippen molar-refractivity contribution in [3.05, 3.63) is 56.4 Å². The van der Waals surface area contributed by atoms with Crippen molar-refractivity contribution in [2.24, 2.45) is 5.73 Å². The number of carbonyl (C=O) groups is 1. The van der Waals surface area contributed by atoms with E-state index in [9.17, 15) is 4.79 Å². The molecule has 4 nitrogen and oxygen atoms in total. The van der Waals surface area contributed by atoms with Crippen LogP contribution >= 0.6 is 34.2 Å². The van der Waals surface area contributed by atoms with Crippen LogP contribution in [0.25, 0.3) is 0 Å². The normalized spacial score (nSPS) is 10.3. The zero-order chi connectivity index (χ0) is 13.8.